The smallest absolute Gasteiger partial charge is 0.258 e. The van der Waals surface area contributed by atoms with Crippen molar-refractivity contribution in [3.8, 4) is 0 Å². The van der Waals surface area contributed by atoms with Gasteiger partial charge in [0.2, 0.25) is 0 Å². The summed E-state index contributed by atoms with van der Waals surface area (Å²) in [5.41, 5.74) is 4.35. The van der Waals surface area contributed by atoms with E-state index in [1.165, 1.54) is 33.8 Å². The molecule has 1 heterocycles. The van der Waals surface area contributed by atoms with Crippen molar-refractivity contribution in [3.63, 3.8) is 0 Å². The molecule has 0 bridgehead atoms. The van der Waals surface area contributed by atoms with Crippen LogP contribution in [0.25, 0.3) is 0 Å². The summed E-state index contributed by atoms with van der Waals surface area (Å²) in [7, 11) is 0. The van der Waals surface area contributed by atoms with Crippen LogP contribution in [0.1, 0.15) is 39.7 Å². The molecule has 1 aliphatic heterocycles. The molecule has 1 atom stereocenters. The molecule has 3 rings (SSSR count). The quantitative estimate of drug-likeness (QED) is 0.732. The van der Waals surface area contributed by atoms with Crippen LogP contribution < -0.4 is 4.90 Å². The monoisotopic (exact) mass is 347 g/mol. The molecule has 26 heavy (non-hydrogen) atoms. The number of anilines is 1. The molecule has 2 aliphatic rings. The summed E-state index contributed by atoms with van der Waals surface area (Å²) < 4.78 is 0. The average Bonchev–Trinajstić information content (AvgIpc) is 3.02. The number of amides is 2. The highest BCUT2D eigenvalue weighted by Gasteiger charge is 2.47. The Balaban J connectivity index is 2.01. The second kappa shape index (κ2) is 6.24. The highest BCUT2D eigenvalue weighted by molar-refractivity contribution is 6.28. The lowest BCUT2D eigenvalue weighted by Crippen LogP contribution is -2.29. The van der Waals surface area contributed by atoms with Gasteiger partial charge in [0.1, 0.15) is 0 Å². The highest BCUT2D eigenvalue weighted by atomic mass is 16.2. The van der Waals surface area contributed by atoms with Gasteiger partial charge in [-0.15, -0.1) is 0 Å². The first-order valence-corrected chi connectivity index (χ1v) is 8.91. The first-order chi connectivity index (χ1) is 12.2. The Morgan fingerprint density at radius 1 is 1.00 bits per heavy atom. The second-order valence-electron chi connectivity index (χ2n) is 7.80. The Labute approximate surface area is 155 Å². The predicted octanol–water partition coefficient (Wildman–Crippen LogP) is 4.86. The lowest BCUT2D eigenvalue weighted by Gasteiger charge is -2.28. The van der Waals surface area contributed by atoms with Crippen LogP contribution in [-0.2, 0) is 15.0 Å². The van der Waals surface area contributed by atoms with Crippen LogP contribution in [0.15, 0.2) is 72.4 Å². The first-order valence-electron chi connectivity index (χ1n) is 8.91. The fourth-order valence-corrected chi connectivity index (χ4v) is 4.53. The van der Waals surface area contributed by atoms with Gasteiger partial charge in [-0.1, -0.05) is 57.7 Å². The molecule has 3 heteroatoms. The maximum absolute atomic E-state index is 11.9. The number of hydrogen-bond acceptors (Lipinski definition) is 2. The molecule has 1 aromatic rings. The molecule has 1 unspecified atom stereocenters. The maximum atomic E-state index is 11.9. The molecule has 1 aromatic carbocycles. The van der Waals surface area contributed by atoms with E-state index in [1.807, 2.05) is 30.3 Å². The van der Waals surface area contributed by atoms with Crippen LogP contribution in [0, 0.1) is 5.41 Å². The van der Waals surface area contributed by atoms with Crippen LogP contribution in [0.4, 0.5) is 5.69 Å². The van der Waals surface area contributed by atoms with E-state index in [0.29, 0.717) is 5.69 Å². The van der Waals surface area contributed by atoms with E-state index in [1.54, 1.807) is 0 Å². The summed E-state index contributed by atoms with van der Waals surface area (Å²) in [6, 6.07) is 7.78. The fourth-order valence-electron chi connectivity index (χ4n) is 4.53. The molecule has 0 aromatic heterocycles. The van der Waals surface area contributed by atoms with E-state index >= 15 is 0 Å². The van der Waals surface area contributed by atoms with E-state index in [0.717, 1.165) is 6.42 Å². The molecular weight excluding hydrogens is 322 g/mol. The molecule has 1 saturated carbocycles. The van der Waals surface area contributed by atoms with Crippen molar-refractivity contribution in [1.82, 2.24) is 0 Å². The van der Waals surface area contributed by atoms with Gasteiger partial charge in [0.15, 0.2) is 0 Å². The van der Waals surface area contributed by atoms with Gasteiger partial charge in [0.05, 0.1) is 5.69 Å². The van der Waals surface area contributed by atoms with Crippen LogP contribution in [0.3, 0.4) is 0 Å². The van der Waals surface area contributed by atoms with Crippen LogP contribution in [0.5, 0.6) is 0 Å². The van der Waals surface area contributed by atoms with Crippen LogP contribution in [-0.4, -0.2) is 11.8 Å². The Kier molecular flexibility index (Phi) is 4.35. The van der Waals surface area contributed by atoms with Gasteiger partial charge in [0.25, 0.3) is 11.8 Å². The number of carbonyl (C=O) groups excluding carboxylic acids is 2. The van der Waals surface area contributed by atoms with E-state index in [2.05, 4.69) is 46.4 Å². The minimum absolute atomic E-state index is 0.0499. The second-order valence-corrected chi connectivity index (χ2v) is 7.80. The van der Waals surface area contributed by atoms with E-state index in [-0.39, 0.29) is 22.6 Å². The summed E-state index contributed by atoms with van der Waals surface area (Å²) >= 11 is 0. The number of allylic oxidation sites excluding steroid dienone is 5. The maximum Gasteiger partial charge on any atom is 0.258 e. The van der Waals surface area contributed by atoms with Crippen molar-refractivity contribution in [3.05, 3.63) is 77.9 Å². The Bertz CT molecular complexity index is 850. The lowest BCUT2D eigenvalue weighted by molar-refractivity contribution is -0.119. The zero-order valence-corrected chi connectivity index (χ0v) is 15.9. The van der Waals surface area contributed by atoms with Gasteiger partial charge >= 0.3 is 0 Å². The highest BCUT2D eigenvalue weighted by Crippen LogP contribution is 2.57. The van der Waals surface area contributed by atoms with E-state index in [4.69, 9.17) is 0 Å². The zero-order chi connectivity index (χ0) is 19.1. The summed E-state index contributed by atoms with van der Waals surface area (Å²) in [4.78, 5) is 25.0. The Morgan fingerprint density at radius 2 is 1.58 bits per heavy atom. The zero-order valence-electron chi connectivity index (χ0n) is 15.9. The third kappa shape index (κ3) is 2.68. The minimum Gasteiger partial charge on any atom is -0.269 e. The van der Waals surface area contributed by atoms with Crippen molar-refractivity contribution in [2.24, 2.45) is 5.41 Å². The average molecular weight is 347 g/mol. The molecule has 3 nitrogen and oxygen atoms in total. The molecule has 1 aliphatic carbocycles. The topological polar surface area (TPSA) is 37.4 Å². The largest absolute Gasteiger partial charge is 0.269 e. The van der Waals surface area contributed by atoms with Crippen LogP contribution >= 0.6 is 0 Å². The first kappa shape index (κ1) is 18.1. The molecular formula is C23H25NO2. The molecule has 1 fully saturated rings. The molecule has 0 spiro atoms. The number of rotatable bonds is 3. The SMILES string of the molecule is C=CC=C1/C(=C\C)C(C)(c2ccc(N3C(=O)C=CC3=O)cc2)CC1(C)C. The third-order valence-electron chi connectivity index (χ3n) is 5.55. The minimum atomic E-state index is -0.290. The molecule has 134 valence electrons. The number of carbonyl (C=O) groups is 2. The number of benzene rings is 1. The number of nitrogens with zero attached hydrogens (tertiary/aromatic N) is 1. The van der Waals surface area contributed by atoms with Gasteiger partial charge in [0, 0.05) is 17.6 Å². The van der Waals surface area contributed by atoms with Crippen molar-refractivity contribution in [2.75, 3.05) is 4.90 Å². The predicted molar refractivity (Wildman–Crippen MR) is 106 cm³/mol. The Morgan fingerprint density at radius 3 is 2.08 bits per heavy atom. The van der Waals surface area contributed by atoms with Crippen molar-refractivity contribution in [2.45, 2.75) is 39.5 Å². The van der Waals surface area contributed by atoms with E-state index in [9.17, 15) is 9.59 Å². The van der Waals surface area contributed by atoms with Gasteiger partial charge in [-0.05, 0) is 47.6 Å². The molecule has 2 amide bonds. The summed E-state index contributed by atoms with van der Waals surface area (Å²) in [6.07, 6.45) is 9.76. The molecule has 0 saturated heterocycles. The number of imide groups is 1. The lowest BCUT2D eigenvalue weighted by atomic mass is 9.76. The number of hydrogen-bond donors (Lipinski definition) is 0. The standard InChI is InChI=1S/C23H25NO2/c1-6-8-19-18(7-2)23(5,15-22(19,3)4)16-9-11-17(12-10-16)24-20(25)13-14-21(24)26/h6-14H,1,15H2,2-5H3/b18-7+,19-8?. The Hall–Kier alpha value is -2.68. The summed E-state index contributed by atoms with van der Waals surface area (Å²) in [5, 5.41) is 0. The van der Waals surface area contributed by atoms with Crippen molar-refractivity contribution >= 4 is 17.5 Å². The normalized spacial score (nSPS) is 27.8. The summed E-state index contributed by atoms with van der Waals surface area (Å²) in [6.45, 7) is 12.7. The van der Waals surface area contributed by atoms with Crippen molar-refractivity contribution in [1.29, 1.82) is 0 Å². The van der Waals surface area contributed by atoms with Crippen LogP contribution in [0.2, 0.25) is 0 Å². The molecule has 0 radical (unpaired) electrons. The van der Waals surface area contributed by atoms with Gasteiger partial charge in [-0.3, -0.25) is 9.59 Å². The fraction of sp³-hybridized carbons (Fsp3) is 0.304. The van der Waals surface area contributed by atoms with E-state index < -0.39 is 0 Å². The third-order valence-corrected chi connectivity index (χ3v) is 5.55. The van der Waals surface area contributed by atoms with Gasteiger partial charge in [-0.25, -0.2) is 4.90 Å². The summed E-state index contributed by atoms with van der Waals surface area (Å²) in [5.74, 6) is -0.581. The van der Waals surface area contributed by atoms with Gasteiger partial charge in [-0.2, -0.15) is 0 Å². The molecule has 0 N–H and O–H groups in total. The van der Waals surface area contributed by atoms with Gasteiger partial charge < -0.3 is 0 Å². The van der Waals surface area contributed by atoms with Crippen molar-refractivity contribution < 1.29 is 9.59 Å².